The molecule has 0 radical (unpaired) electrons. The van der Waals surface area contributed by atoms with E-state index in [1.807, 2.05) is 65.5 Å². The first-order valence-electron chi connectivity index (χ1n) is 17.6. The predicted molar refractivity (Wildman–Crippen MR) is 187 cm³/mol. The Morgan fingerprint density at radius 2 is 1.45 bits per heavy atom. The molecule has 3 N–H and O–H groups in total. The van der Waals surface area contributed by atoms with Gasteiger partial charge in [-0.15, -0.1) is 10.2 Å². The lowest BCUT2D eigenvalue weighted by molar-refractivity contribution is 0.0832. The second kappa shape index (κ2) is 14.8. The van der Waals surface area contributed by atoms with Crippen LogP contribution in [0.15, 0.2) is 88.2 Å². The molecule has 0 bridgehead atoms. The van der Waals surface area contributed by atoms with Crippen LogP contribution in [-0.4, -0.2) is 69.3 Å². The van der Waals surface area contributed by atoms with Crippen molar-refractivity contribution in [1.82, 2.24) is 50.9 Å². The van der Waals surface area contributed by atoms with Gasteiger partial charge in [0.15, 0.2) is 0 Å². The largest absolute Gasteiger partial charge is 0.487 e. The summed E-state index contributed by atoms with van der Waals surface area (Å²) in [6, 6.07) is 20.3. The van der Waals surface area contributed by atoms with Gasteiger partial charge in [-0.2, -0.15) is 0 Å². The van der Waals surface area contributed by atoms with Crippen LogP contribution < -0.4 is 15.4 Å². The Morgan fingerprint density at radius 3 is 2.08 bits per heavy atom. The van der Waals surface area contributed by atoms with Crippen molar-refractivity contribution >= 4 is 11.8 Å². The zero-order chi connectivity index (χ0) is 36.3. The maximum Gasteiger partial charge on any atom is 0.290 e. The minimum Gasteiger partial charge on any atom is -0.487 e. The van der Waals surface area contributed by atoms with Crippen molar-refractivity contribution in [2.45, 2.75) is 70.5 Å². The molecular weight excluding hydrogens is 680 g/mol. The van der Waals surface area contributed by atoms with E-state index in [0.717, 1.165) is 36.8 Å². The maximum absolute atomic E-state index is 12.8. The molecule has 16 nitrogen and oxygen atoms in total. The number of ether oxygens (including phenoxy) is 1. The van der Waals surface area contributed by atoms with E-state index in [1.165, 1.54) is 0 Å². The predicted octanol–water partition coefficient (Wildman–Crippen LogP) is 4.23. The lowest BCUT2D eigenvalue weighted by Gasteiger charge is -2.35. The van der Waals surface area contributed by atoms with Crippen LogP contribution in [-0.2, 0) is 19.7 Å². The number of aromatic nitrogens is 8. The molecule has 2 aliphatic rings. The van der Waals surface area contributed by atoms with Gasteiger partial charge in [0.1, 0.15) is 29.4 Å². The summed E-state index contributed by atoms with van der Waals surface area (Å²) in [4.78, 5) is 25.5. The highest BCUT2D eigenvalue weighted by Crippen LogP contribution is 2.31. The van der Waals surface area contributed by atoms with Gasteiger partial charge >= 0.3 is 0 Å². The number of aliphatic hydroxyl groups is 1. The summed E-state index contributed by atoms with van der Waals surface area (Å²) >= 11 is 0. The fourth-order valence-corrected chi connectivity index (χ4v) is 6.78. The highest BCUT2D eigenvalue weighted by Gasteiger charge is 2.33. The number of carbonyl (C=O) groups excluding carboxylic acids is 2. The fraction of sp³-hybridized carbons (Fsp3) is 0.351. The first-order chi connectivity index (χ1) is 25.8. The van der Waals surface area contributed by atoms with Crippen LogP contribution >= 0.6 is 0 Å². The van der Waals surface area contributed by atoms with Crippen molar-refractivity contribution in [3.05, 3.63) is 102 Å². The molecule has 272 valence electrons. The molecule has 4 heterocycles. The van der Waals surface area contributed by atoms with Crippen molar-refractivity contribution in [1.29, 1.82) is 0 Å². The van der Waals surface area contributed by atoms with E-state index in [4.69, 9.17) is 13.8 Å². The lowest BCUT2D eigenvalue weighted by atomic mass is 9.80. The third-order valence-electron chi connectivity index (χ3n) is 9.75. The van der Waals surface area contributed by atoms with Crippen molar-refractivity contribution in [3.8, 4) is 28.3 Å². The SMILES string of the molecule is C[C@@H](O)c1cnnn1C[C@H]1C[C@@H](NC(=O)c2cc(-c3ccc(OCc4cn(C[C@H]5C[C@@H](NC(=O)c6cc(-c7ccccc7)no6)C5)nn4)cc3)no2)C1. The number of aliphatic hydroxyl groups excluding tert-OH is 1. The molecule has 8 rings (SSSR count). The average molecular weight is 719 g/mol. The Bertz CT molecular complexity index is 2160. The highest BCUT2D eigenvalue weighted by atomic mass is 16.5. The molecule has 2 saturated carbocycles. The van der Waals surface area contributed by atoms with Gasteiger partial charge in [-0.3, -0.25) is 14.3 Å². The molecular formula is C37H38N10O6. The van der Waals surface area contributed by atoms with Gasteiger partial charge in [0.05, 0.1) is 24.2 Å². The van der Waals surface area contributed by atoms with Gasteiger partial charge in [0, 0.05) is 48.4 Å². The Morgan fingerprint density at radius 1 is 0.849 bits per heavy atom. The summed E-state index contributed by atoms with van der Waals surface area (Å²) in [5, 5.41) is 40.4. The van der Waals surface area contributed by atoms with E-state index in [2.05, 4.69) is 41.6 Å². The number of nitrogens with one attached hydrogen (secondary N) is 2. The first kappa shape index (κ1) is 34.0. The molecule has 16 heteroatoms. The molecule has 1 atom stereocenters. The molecule has 2 amide bonds. The zero-order valence-electron chi connectivity index (χ0n) is 28.9. The number of benzene rings is 2. The van der Waals surface area contributed by atoms with Crippen molar-refractivity contribution in [3.63, 3.8) is 0 Å². The van der Waals surface area contributed by atoms with Gasteiger partial charge in [0.2, 0.25) is 11.5 Å². The monoisotopic (exact) mass is 718 g/mol. The zero-order valence-corrected chi connectivity index (χ0v) is 28.9. The number of carbonyl (C=O) groups is 2. The van der Waals surface area contributed by atoms with Gasteiger partial charge < -0.3 is 29.5 Å². The van der Waals surface area contributed by atoms with Crippen LogP contribution in [0.25, 0.3) is 22.5 Å². The van der Waals surface area contributed by atoms with Crippen molar-refractivity contribution in [2.24, 2.45) is 11.8 Å². The normalized spacial score (nSPS) is 19.9. The Kier molecular flexibility index (Phi) is 9.50. The Labute approximate surface area is 303 Å². The summed E-state index contributed by atoms with van der Waals surface area (Å²) < 4.78 is 20.1. The van der Waals surface area contributed by atoms with E-state index >= 15 is 0 Å². The number of amides is 2. The van der Waals surface area contributed by atoms with E-state index in [-0.39, 0.29) is 42.0 Å². The average Bonchev–Trinajstić information content (AvgIpc) is 3.97. The third-order valence-corrected chi connectivity index (χ3v) is 9.75. The molecule has 0 spiro atoms. The van der Waals surface area contributed by atoms with Gasteiger partial charge in [-0.05, 0) is 68.7 Å². The molecule has 0 unspecified atom stereocenters. The van der Waals surface area contributed by atoms with E-state index in [9.17, 15) is 14.7 Å². The van der Waals surface area contributed by atoms with Crippen molar-refractivity contribution < 1.29 is 28.5 Å². The number of rotatable bonds is 14. The van der Waals surface area contributed by atoms with E-state index in [1.54, 1.807) is 29.9 Å². The van der Waals surface area contributed by atoms with Crippen LogP contribution in [0, 0.1) is 11.8 Å². The van der Waals surface area contributed by atoms with Crippen LogP contribution in [0.1, 0.15) is 71.2 Å². The summed E-state index contributed by atoms with van der Waals surface area (Å²) in [5.41, 5.74) is 4.23. The molecule has 2 fully saturated rings. The topological polar surface area (TPSA) is 201 Å². The van der Waals surface area contributed by atoms with E-state index in [0.29, 0.717) is 53.5 Å². The number of hydrogen-bond acceptors (Lipinski definition) is 12. The van der Waals surface area contributed by atoms with Crippen LogP contribution in [0.3, 0.4) is 0 Å². The minimum atomic E-state index is -0.635. The molecule has 0 saturated heterocycles. The number of hydrogen-bond donors (Lipinski definition) is 3. The maximum atomic E-state index is 12.8. The molecule has 53 heavy (non-hydrogen) atoms. The first-order valence-corrected chi connectivity index (χ1v) is 17.6. The third kappa shape index (κ3) is 7.86. The second-order valence-corrected chi connectivity index (χ2v) is 13.8. The smallest absolute Gasteiger partial charge is 0.290 e. The van der Waals surface area contributed by atoms with Crippen molar-refractivity contribution in [2.75, 3.05) is 0 Å². The van der Waals surface area contributed by atoms with Gasteiger partial charge in [-0.25, -0.2) is 4.68 Å². The molecule has 6 aromatic rings. The van der Waals surface area contributed by atoms with Crippen LogP contribution in [0.4, 0.5) is 0 Å². The van der Waals surface area contributed by atoms with Crippen LogP contribution in [0.2, 0.25) is 0 Å². The second-order valence-electron chi connectivity index (χ2n) is 13.8. The minimum absolute atomic E-state index is 0.0313. The quantitative estimate of drug-likeness (QED) is 0.145. The standard InChI is InChI=1S/C37H38N10O6/c1-22(48)33-17-38-44-47(33)19-24-13-28(14-24)40-37(50)35-16-32(43-53-35)26-7-9-30(10-8-26)51-21-29-20-46(45-41-29)18-23-11-27(12-23)39-36(49)34-15-31(42-52-34)25-5-3-2-4-6-25/h2-10,15-17,20,22-24,27-28,48H,11-14,18-19,21H2,1H3,(H,39,49)(H,40,50)/t22-,23-,24-,27+,28+/m1/s1. The number of nitrogens with zero attached hydrogens (tertiary/aromatic N) is 8. The molecule has 0 aliphatic heterocycles. The van der Waals surface area contributed by atoms with Crippen LogP contribution in [0.5, 0.6) is 5.75 Å². The summed E-state index contributed by atoms with van der Waals surface area (Å²) in [5.74, 6) is 1.12. The van der Waals surface area contributed by atoms with Gasteiger partial charge in [-0.1, -0.05) is 51.1 Å². The lowest BCUT2D eigenvalue weighted by Crippen LogP contribution is -2.45. The Hall–Kier alpha value is -6.16. The molecule has 2 aliphatic carbocycles. The Balaban J connectivity index is 0.743. The highest BCUT2D eigenvalue weighted by molar-refractivity contribution is 5.93. The van der Waals surface area contributed by atoms with Gasteiger partial charge in [0.25, 0.3) is 11.8 Å². The summed E-state index contributed by atoms with van der Waals surface area (Å²) in [6.07, 6.45) is 6.07. The fourth-order valence-electron chi connectivity index (χ4n) is 6.78. The molecule has 2 aromatic carbocycles. The molecule has 4 aromatic heterocycles. The summed E-state index contributed by atoms with van der Waals surface area (Å²) in [6.45, 7) is 3.28. The van der Waals surface area contributed by atoms with E-state index < -0.39 is 6.10 Å². The summed E-state index contributed by atoms with van der Waals surface area (Å²) in [7, 11) is 0.